The Kier molecular flexibility index (Phi) is 3.03. The quantitative estimate of drug-likeness (QED) is 0.696. The summed E-state index contributed by atoms with van der Waals surface area (Å²) in [6, 6.07) is -0.689. The van der Waals surface area contributed by atoms with Gasteiger partial charge in [-0.25, -0.2) is 4.79 Å². The van der Waals surface area contributed by atoms with Gasteiger partial charge in [-0.2, -0.15) is 0 Å². The van der Waals surface area contributed by atoms with E-state index in [0.29, 0.717) is 18.6 Å². The molecule has 1 atom stereocenters. The van der Waals surface area contributed by atoms with Crippen LogP contribution in [0.4, 0.5) is 4.79 Å². The molecule has 0 aromatic heterocycles. The molecule has 1 aliphatic heterocycles. The van der Waals surface area contributed by atoms with E-state index in [1.807, 2.05) is 0 Å². The molecule has 4 amide bonds. The van der Waals surface area contributed by atoms with E-state index in [1.165, 1.54) is 0 Å². The van der Waals surface area contributed by atoms with Gasteiger partial charge in [-0.1, -0.05) is 6.92 Å². The highest BCUT2D eigenvalue weighted by Crippen LogP contribution is 2.48. The van der Waals surface area contributed by atoms with E-state index in [2.05, 4.69) is 5.32 Å². The molecular weight excluding hydrogens is 244 g/mol. The van der Waals surface area contributed by atoms with Gasteiger partial charge in [0, 0.05) is 28.9 Å². The third kappa shape index (κ3) is 1.99. The summed E-state index contributed by atoms with van der Waals surface area (Å²) in [5.41, 5.74) is -0.998. The van der Waals surface area contributed by atoms with Gasteiger partial charge in [-0.15, -0.1) is 0 Å². The van der Waals surface area contributed by atoms with Gasteiger partial charge in [0.1, 0.15) is 5.41 Å². The van der Waals surface area contributed by atoms with Crippen LogP contribution in [0.1, 0.15) is 19.8 Å². The van der Waals surface area contributed by atoms with E-state index in [-0.39, 0.29) is 12.3 Å². The number of hydrogen-bond donors (Lipinski definition) is 1. The fraction of sp³-hybridized carbons (Fsp3) is 0.700. The summed E-state index contributed by atoms with van der Waals surface area (Å²) in [6.07, 6.45) is 0.997. The number of imide groups is 2. The van der Waals surface area contributed by atoms with E-state index in [0.717, 1.165) is 4.90 Å². The number of nitrogens with zero attached hydrogens (tertiary/aromatic N) is 1. The van der Waals surface area contributed by atoms with Crippen LogP contribution in [0.15, 0.2) is 0 Å². The molecule has 1 unspecified atom stereocenters. The number of carbonyl (C=O) groups is 3. The van der Waals surface area contributed by atoms with E-state index >= 15 is 0 Å². The maximum Gasteiger partial charge on any atom is 0.330 e. The van der Waals surface area contributed by atoms with Crippen LogP contribution < -0.4 is 5.32 Å². The summed E-state index contributed by atoms with van der Waals surface area (Å²) < 4.78 is 11.3. The second-order valence-corrected chi connectivity index (χ2v) is 6.10. The minimum atomic E-state index is -1.03. The van der Waals surface area contributed by atoms with Crippen molar-refractivity contribution in [2.24, 2.45) is 5.41 Å². The van der Waals surface area contributed by atoms with Crippen molar-refractivity contribution < 1.29 is 18.6 Å². The fourth-order valence-electron chi connectivity index (χ4n) is 1.84. The molecule has 0 aromatic rings. The topological polar surface area (TPSA) is 83.6 Å². The zero-order chi connectivity index (χ0) is 12.6. The third-order valence-electron chi connectivity index (χ3n) is 3.17. The lowest BCUT2D eigenvalue weighted by molar-refractivity contribution is -0.144. The number of barbiturate groups is 1. The van der Waals surface area contributed by atoms with Crippen molar-refractivity contribution in [3.05, 3.63) is 0 Å². The van der Waals surface area contributed by atoms with Crippen LogP contribution >= 0.6 is 0 Å². The lowest BCUT2D eigenvalue weighted by atomic mass is 10.0. The van der Waals surface area contributed by atoms with Gasteiger partial charge in [0.05, 0.1) is 0 Å². The molecule has 1 aliphatic carbocycles. The Morgan fingerprint density at radius 3 is 2.53 bits per heavy atom. The smallest absolute Gasteiger partial charge is 0.277 e. The predicted octanol–water partition coefficient (Wildman–Crippen LogP) is -0.386. The van der Waals surface area contributed by atoms with Crippen molar-refractivity contribution in [1.82, 2.24) is 10.2 Å². The number of carbonyl (C=O) groups excluding carboxylic acids is 3. The number of hydrogen-bond acceptors (Lipinski definition) is 4. The average molecular weight is 258 g/mol. The number of amides is 4. The SMILES string of the molecule is CCS(=O)CCN1C(=O)NC(=O)C2(CC2)C1=O. The first-order valence-electron chi connectivity index (χ1n) is 5.53. The van der Waals surface area contributed by atoms with Gasteiger partial charge in [-0.3, -0.25) is 24.0 Å². The first kappa shape index (κ1) is 12.2. The number of urea groups is 1. The monoisotopic (exact) mass is 258 g/mol. The number of nitrogens with one attached hydrogen (secondary N) is 1. The first-order chi connectivity index (χ1) is 8.01. The average Bonchev–Trinajstić information content (AvgIpc) is 3.08. The second-order valence-electron chi connectivity index (χ2n) is 4.23. The highest BCUT2D eigenvalue weighted by atomic mass is 32.2. The highest BCUT2D eigenvalue weighted by Gasteiger charge is 2.62. The summed E-state index contributed by atoms with van der Waals surface area (Å²) in [5.74, 6) is -0.159. The molecule has 6 nitrogen and oxygen atoms in total. The van der Waals surface area contributed by atoms with Crippen LogP contribution in [0, 0.1) is 5.41 Å². The normalized spacial score (nSPS) is 23.8. The molecule has 2 fully saturated rings. The molecule has 0 bridgehead atoms. The van der Waals surface area contributed by atoms with Crippen molar-refractivity contribution in [3.63, 3.8) is 0 Å². The van der Waals surface area contributed by atoms with Gasteiger partial charge >= 0.3 is 6.03 Å². The van der Waals surface area contributed by atoms with Gasteiger partial charge in [0.2, 0.25) is 11.8 Å². The van der Waals surface area contributed by atoms with Crippen molar-refractivity contribution >= 4 is 28.6 Å². The second kappa shape index (κ2) is 4.21. The van der Waals surface area contributed by atoms with Crippen LogP contribution in [0.5, 0.6) is 0 Å². The van der Waals surface area contributed by atoms with Crippen molar-refractivity contribution in [3.8, 4) is 0 Å². The summed E-state index contributed by atoms with van der Waals surface area (Å²) in [4.78, 5) is 36.0. The summed E-state index contributed by atoms with van der Waals surface area (Å²) >= 11 is 0. The molecule has 1 saturated carbocycles. The van der Waals surface area contributed by atoms with Crippen LogP contribution in [-0.2, 0) is 20.4 Å². The zero-order valence-corrected chi connectivity index (χ0v) is 10.3. The van der Waals surface area contributed by atoms with E-state index in [4.69, 9.17) is 0 Å². The van der Waals surface area contributed by atoms with Gasteiger partial charge in [0.15, 0.2) is 0 Å². The maximum absolute atomic E-state index is 12.0. The lowest BCUT2D eigenvalue weighted by Gasteiger charge is -2.29. The van der Waals surface area contributed by atoms with Gasteiger partial charge < -0.3 is 0 Å². The molecule has 1 heterocycles. The Hall–Kier alpha value is -1.24. The lowest BCUT2D eigenvalue weighted by Crippen LogP contribution is -2.59. The standard InChI is InChI=1S/C10H14N2O4S/c1-2-17(16)6-5-12-8(14)10(3-4-10)7(13)11-9(12)15/h2-6H2,1H3,(H,11,13,15). The molecule has 1 saturated heterocycles. The molecule has 2 rings (SSSR count). The highest BCUT2D eigenvalue weighted by molar-refractivity contribution is 7.84. The minimum Gasteiger partial charge on any atom is -0.277 e. The minimum absolute atomic E-state index is 0.111. The van der Waals surface area contributed by atoms with E-state index < -0.39 is 34.1 Å². The summed E-state index contributed by atoms with van der Waals surface area (Å²) in [6.45, 7) is 1.89. The molecule has 2 aliphatic rings. The first-order valence-corrected chi connectivity index (χ1v) is 7.02. The fourth-order valence-corrected chi connectivity index (χ4v) is 2.51. The largest absolute Gasteiger partial charge is 0.330 e. The molecule has 7 heteroatoms. The molecule has 17 heavy (non-hydrogen) atoms. The Balaban J connectivity index is 2.06. The Labute approximate surface area is 101 Å². The van der Waals surface area contributed by atoms with Crippen LogP contribution in [-0.4, -0.2) is 45.0 Å². The predicted molar refractivity (Wildman–Crippen MR) is 60.5 cm³/mol. The number of rotatable bonds is 4. The Bertz CT molecular complexity index is 417. The van der Waals surface area contributed by atoms with Gasteiger partial charge in [-0.05, 0) is 12.8 Å². The Morgan fingerprint density at radius 2 is 2.00 bits per heavy atom. The molecule has 94 valence electrons. The zero-order valence-electron chi connectivity index (χ0n) is 9.52. The molecule has 1 N–H and O–H groups in total. The third-order valence-corrected chi connectivity index (χ3v) is 4.45. The molecule has 0 radical (unpaired) electrons. The Morgan fingerprint density at radius 1 is 1.35 bits per heavy atom. The van der Waals surface area contributed by atoms with Crippen LogP contribution in [0.25, 0.3) is 0 Å². The molecule has 1 spiro atoms. The molecular formula is C10H14N2O4S. The van der Waals surface area contributed by atoms with Crippen molar-refractivity contribution in [2.45, 2.75) is 19.8 Å². The van der Waals surface area contributed by atoms with E-state index in [1.54, 1.807) is 6.92 Å². The summed E-state index contributed by atoms with van der Waals surface area (Å²) in [7, 11) is -1.03. The van der Waals surface area contributed by atoms with Gasteiger partial charge in [0.25, 0.3) is 0 Å². The maximum atomic E-state index is 12.0. The summed E-state index contributed by atoms with van der Waals surface area (Å²) in [5, 5.41) is 2.18. The van der Waals surface area contributed by atoms with Crippen LogP contribution in [0.3, 0.4) is 0 Å². The van der Waals surface area contributed by atoms with E-state index in [9.17, 15) is 18.6 Å². The van der Waals surface area contributed by atoms with Crippen molar-refractivity contribution in [1.29, 1.82) is 0 Å². The van der Waals surface area contributed by atoms with Crippen LogP contribution in [0.2, 0.25) is 0 Å². The molecule has 0 aromatic carbocycles. The van der Waals surface area contributed by atoms with Crippen molar-refractivity contribution in [2.75, 3.05) is 18.1 Å².